The largest absolute Gasteiger partial charge is 0.368 e. The molecule has 1 heterocycles. The van der Waals surface area contributed by atoms with Crippen LogP contribution in [-0.4, -0.2) is 21.6 Å². The molecule has 0 fully saturated rings. The van der Waals surface area contributed by atoms with E-state index in [2.05, 4.69) is 10.4 Å². The van der Waals surface area contributed by atoms with Gasteiger partial charge < -0.3 is 11.1 Å². The summed E-state index contributed by atoms with van der Waals surface area (Å²) in [6.45, 7) is 0. The van der Waals surface area contributed by atoms with Gasteiger partial charge in [-0.05, 0) is 23.8 Å². The number of nitrogens with zero attached hydrogens (tertiary/aromatic N) is 2. The van der Waals surface area contributed by atoms with E-state index in [9.17, 15) is 9.59 Å². The van der Waals surface area contributed by atoms with Crippen molar-refractivity contribution in [1.82, 2.24) is 15.1 Å². The van der Waals surface area contributed by atoms with Crippen LogP contribution in [-0.2, 0) is 4.79 Å². The van der Waals surface area contributed by atoms with E-state index in [0.717, 1.165) is 5.69 Å². The van der Waals surface area contributed by atoms with Gasteiger partial charge in [0.15, 0.2) is 0 Å². The first-order chi connectivity index (χ1) is 12.0. The van der Waals surface area contributed by atoms with Gasteiger partial charge in [0, 0.05) is 11.2 Å². The molecule has 0 saturated carbocycles. The van der Waals surface area contributed by atoms with Gasteiger partial charge in [-0.1, -0.05) is 48.0 Å². The second-order valence-corrected chi connectivity index (χ2v) is 5.81. The molecule has 1 aromatic heterocycles. The molecule has 0 saturated heterocycles. The molecule has 2 aromatic carbocycles. The van der Waals surface area contributed by atoms with Gasteiger partial charge in [0.25, 0.3) is 5.91 Å². The number of halogens is 1. The van der Waals surface area contributed by atoms with Crippen molar-refractivity contribution in [3.63, 3.8) is 0 Å². The molecular weight excluding hydrogens is 340 g/mol. The van der Waals surface area contributed by atoms with Crippen molar-refractivity contribution in [2.75, 3.05) is 0 Å². The van der Waals surface area contributed by atoms with E-state index >= 15 is 0 Å². The van der Waals surface area contributed by atoms with Gasteiger partial charge in [-0.15, -0.1) is 0 Å². The van der Waals surface area contributed by atoms with Crippen molar-refractivity contribution in [3.05, 3.63) is 83.1 Å². The standard InChI is InChI=1S/C18H15ClN4O2/c19-14-7-4-8-15(9-14)23-11-13(10-21-23)18(25)22-16(17(20)24)12-5-2-1-3-6-12/h1-11,16H,(H2,20,24)(H,22,25). The Morgan fingerprint density at radius 2 is 1.88 bits per heavy atom. The van der Waals surface area contributed by atoms with Crippen LogP contribution < -0.4 is 11.1 Å². The van der Waals surface area contributed by atoms with Crippen molar-refractivity contribution in [1.29, 1.82) is 0 Å². The van der Waals surface area contributed by atoms with Gasteiger partial charge in [0.1, 0.15) is 6.04 Å². The first-order valence-electron chi connectivity index (χ1n) is 7.50. The summed E-state index contributed by atoms with van der Waals surface area (Å²) >= 11 is 5.96. The molecule has 25 heavy (non-hydrogen) atoms. The molecule has 6 nitrogen and oxygen atoms in total. The number of aromatic nitrogens is 2. The van der Waals surface area contributed by atoms with Crippen LogP contribution in [0.15, 0.2) is 67.0 Å². The number of amides is 2. The summed E-state index contributed by atoms with van der Waals surface area (Å²) < 4.78 is 1.53. The fourth-order valence-electron chi connectivity index (χ4n) is 2.38. The lowest BCUT2D eigenvalue weighted by atomic mass is 10.1. The van der Waals surface area contributed by atoms with E-state index in [1.54, 1.807) is 48.7 Å². The maximum absolute atomic E-state index is 12.4. The molecule has 0 aliphatic carbocycles. The molecule has 0 bridgehead atoms. The number of nitrogens with two attached hydrogens (primary N) is 1. The van der Waals surface area contributed by atoms with E-state index in [0.29, 0.717) is 16.1 Å². The molecule has 7 heteroatoms. The Morgan fingerprint density at radius 3 is 2.56 bits per heavy atom. The predicted octanol–water partition coefficient (Wildman–Crippen LogP) is 2.48. The normalized spacial score (nSPS) is 11.7. The quantitative estimate of drug-likeness (QED) is 0.737. The van der Waals surface area contributed by atoms with Crippen LogP contribution in [0.4, 0.5) is 0 Å². The van der Waals surface area contributed by atoms with Crippen LogP contribution in [0.1, 0.15) is 22.0 Å². The Kier molecular flexibility index (Phi) is 4.81. The zero-order valence-corrected chi connectivity index (χ0v) is 13.9. The number of rotatable bonds is 5. The third-order valence-electron chi connectivity index (χ3n) is 3.61. The maximum atomic E-state index is 12.4. The molecule has 1 unspecified atom stereocenters. The first kappa shape index (κ1) is 16.7. The lowest BCUT2D eigenvalue weighted by Crippen LogP contribution is -2.37. The molecular formula is C18H15ClN4O2. The number of primary amides is 1. The zero-order chi connectivity index (χ0) is 17.8. The summed E-state index contributed by atoms with van der Waals surface area (Å²) in [4.78, 5) is 24.1. The second kappa shape index (κ2) is 7.19. The van der Waals surface area contributed by atoms with Crippen LogP contribution in [0.2, 0.25) is 5.02 Å². The third kappa shape index (κ3) is 3.87. The Balaban J connectivity index is 1.80. The van der Waals surface area contributed by atoms with Gasteiger partial charge in [-0.25, -0.2) is 4.68 Å². The van der Waals surface area contributed by atoms with Crippen LogP contribution in [0.25, 0.3) is 5.69 Å². The highest BCUT2D eigenvalue weighted by Gasteiger charge is 2.21. The fraction of sp³-hybridized carbons (Fsp3) is 0.0556. The average molecular weight is 355 g/mol. The predicted molar refractivity (Wildman–Crippen MR) is 94.4 cm³/mol. The SMILES string of the molecule is NC(=O)C(NC(=O)c1cnn(-c2cccc(Cl)c2)c1)c1ccccc1. The Hall–Kier alpha value is -3.12. The summed E-state index contributed by atoms with van der Waals surface area (Å²) in [5, 5.41) is 7.35. The molecule has 0 radical (unpaired) electrons. The van der Waals surface area contributed by atoms with Crippen molar-refractivity contribution in [2.24, 2.45) is 5.73 Å². The number of benzene rings is 2. The summed E-state index contributed by atoms with van der Waals surface area (Å²) in [7, 11) is 0. The highest BCUT2D eigenvalue weighted by Crippen LogP contribution is 2.16. The number of carbonyl (C=O) groups excluding carboxylic acids is 2. The summed E-state index contributed by atoms with van der Waals surface area (Å²) in [5.74, 6) is -1.08. The van der Waals surface area contributed by atoms with Crippen molar-refractivity contribution in [2.45, 2.75) is 6.04 Å². The fourth-order valence-corrected chi connectivity index (χ4v) is 2.56. The van der Waals surface area contributed by atoms with Crippen molar-refractivity contribution in [3.8, 4) is 5.69 Å². The summed E-state index contributed by atoms with van der Waals surface area (Å²) in [6, 6.07) is 15.0. The van der Waals surface area contributed by atoms with Gasteiger partial charge >= 0.3 is 0 Å². The van der Waals surface area contributed by atoms with Crippen molar-refractivity contribution >= 4 is 23.4 Å². The number of carbonyl (C=O) groups is 2. The molecule has 1 atom stereocenters. The number of hydrogen-bond donors (Lipinski definition) is 2. The van der Waals surface area contributed by atoms with Crippen LogP contribution in [0, 0.1) is 0 Å². The molecule has 0 aliphatic rings. The minimum atomic E-state index is -0.914. The van der Waals surface area contributed by atoms with E-state index < -0.39 is 17.9 Å². The maximum Gasteiger partial charge on any atom is 0.255 e. The summed E-state index contributed by atoms with van der Waals surface area (Å²) in [6.07, 6.45) is 2.98. The minimum absolute atomic E-state index is 0.308. The molecule has 3 rings (SSSR count). The van der Waals surface area contributed by atoms with E-state index in [4.69, 9.17) is 17.3 Å². The monoisotopic (exact) mass is 354 g/mol. The molecule has 126 valence electrons. The Morgan fingerprint density at radius 1 is 1.12 bits per heavy atom. The highest BCUT2D eigenvalue weighted by atomic mass is 35.5. The molecule has 3 aromatic rings. The molecule has 0 spiro atoms. The average Bonchev–Trinajstić information content (AvgIpc) is 3.10. The van der Waals surface area contributed by atoms with Gasteiger partial charge in [0.05, 0.1) is 17.4 Å². The topological polar surface area (TPSA) is 90.0 Å². The summed E-state index contributed by atoms with van der Waals surface area (Å²) in [5.41, 5.74) is 7.07. The smallest absolute Gasteiger partial charge is 0.255 e. The second-order valence-electron chi connectivity index (χ2n) is 5.37. The lowest BCUT2D eigenvalue weighted by Gasteiger charge is -2.15. The molecule has 2 amide bonds. The van der Waals surface area contributed by atoms with Crippen LogP contribution in [0.3, 0.4) is 0 Å². The van der Waals surface area contributed by atoms with Crippen molar-refractivity contribution < 1.29 is 9.59 Å². The number of hydrogen-bond acceptors (Lipinski definition) is 3. The van der Waals surface area contributed by atoms with E-state index in [1.165, 1.54) is 10.9 Å². The van der Waals surface area contributed by atoms with Crippen LogP contribution >= 0.6 is 11.6 Å². The third-order valence-corrected chi connectivity index (χ3v) is 3.85. The molecule has 0 aliphatic heterocycles. The minimum Gasteiger partial charge on any atom is -0.368 e. The first-order valence-corrected chi connectivity index (χ1v) is 7.88. The van der Waals surface area contributed by atoms with E-state index in [-0.39, 0.29) is 0 Å². The van der Waals surface area contributed by atoms with Crippen LogP contribution in [0.5, 0.6) is 0 Å². The van der Waals surface area contributed by atoms with Gasteiger partial charge in [-0.3, -0.25) is 9.59 Å². The highest BCUT2D eigenvalue weighted by molar-refractivity contribution is 6.30. The number of nitrogens with one attached hydrogen (secondary N) is 1. The Labute approximate surface area is 149 Å². The van der Waals surface area contributed by atoms with Gasteiger partial charge in [0.2, 0.25) is 5.91 Å². The zero-order valence-electron chi connectivity index (χ0n) is 13.1. The van der Waals surface area contributed by atoms with Gasteiger partial charge in [-0.2, -0.15) is 5.10 Å². The molecule has 3 N–H and O–H groups in total. The van der Waals surface area contributed by atoms with E-state index in [1.807, 2.05) is 12.1 Å². The Bertz CT molecular complexity index is 908. The lowest BCUT2D eigenvalue weighted by molar-refractivity contribution is -0.120.